The van der Waals surface area contributed by atoms with Crippen molar-refractivity contribution in [3.8, 4) is 5.75 Å². The fraction of sp³-hybridized carbons (Fsp3) is 0.200. The molecule has 0 atom stereocenters. The van der Waals surface area contributed by atoms with Crippen LogP contribution in [0.3, 0.4) is 0 Å². The molecule has 2 aromatic rings. The van der Waals surface area contributed by atoms with E-state index in [2.05, 4.69) is 0 Å². The summed E-state index contributed by atoms with van der Waals surface area (Å²) in [6, 6.07) is 8.95. The molecule has 27 heavy (non-hydrogen) atoms. The Morgan fingerprint density at radius 3 is 2.26 bits per heavy atom. The molecule has 0 bridgehead atoms. The van der Waals surface area contributed by atoms with Crippen molar-refractivity contribution in [3.63, 3.8) is 0 Å². The average Bonchev–Trinajstić information content (AvgIpc) is 2.85. The van der Waals surface area contributed by atoms with Crippen LogP contribution in [0.1, 0.15) is 19.4 Å². The second kappa shape index (κ2) is 7.19. The molecule has 1 N–H and O–H groups in total. The van der Waals surface area contributed by atoms with Crippen molar-refractivity contribution in [2.45, 2.75) is 13.8 Å². The van der Waals surface area contributed by atoms with Gasteiger partial charge in [0, 0.05) is 6.07 Å². The number of ether oxygens (including phenoxy) is 1. The maximum absolute atomic E-state index is 13.5. The van der Waals surface area contributed by atoms with Crippen molar-refractivity contribution in [3.05, 3.63) is 65.4 Å². The monoisotopic (exact) mass is 373 g/mol. The van der Waals surface area contributed by atoms with Gasteiger partial charge in [0.1, 0.15) is 5.75 Å². The van der Waals surface area contributed by atoms with E-state index in [1.807, 2.05) is 13.8 Å². The van der Waals surface area contributed by atoms with E-state index in [1.165, 1.54) is 0 Å². The minimum absolute atomic E-state index is 0.165. The Morgan fingerprint density at radius 2 is 1.67 bits per heavy atom. The molecule has 5 nitrogen and oxygen atoms in total. The third kappa shape index (κ3) is 3.53. The Kier molecular flexibility index (Phi) is 4.94. The lowest BCUT2D eigenvalue weighted by atomic mass is 10.1. The third-order valence-corrected chi connectivity index (χ3v) is 3.95. The fourth-order valence-corrected chi connectivity index (χ4v) is 2.62. The highest BCUT2D eigenvalue weighted by atomic mass is 19.2. The highest BCUT2D eigenvalue weighted by Crippen LogP contribution is 2.33. The number of anilines is 1. The number of carbonyl (C=O) groups excluding carboxylic acids is 2. The summed E-state index contributed by atoms with van der Waals surface area (Å²) in [6.45, 7) is 4.54. The Morgan fingerprint density at radius 1 is 1.00 bits per heavy atom. The highest BCUT2D eigenvalue weighted by molar-refractivity contribution is 6.44. The number of halogens is 2. The van der Waals surface area contributed by atoms with Crippen molar-refractivity contribution in [2.24, 2.45) is 5.92 Å². The first-order valence-electron chi connectivity index (χ1n) is 8.30. The number of hydrogen-bond acceptors (Lipinski definition) is 4. The largest absolute Gasteiger partial charge is 0.502 e. The van der Waals surface area contributed by atoms with E-state index in [0.29, 0.717) is 28.7 Å². The van der Waals surface area contributed by atoms with E-state index in [1.54, 1.807) is 24.3 Å². The summed E-state index contributed by atoms with van der Waals surface area (Å²) in [7, 11) is 0. The Balaban J connectivity index is 1.89. The first kappa shape index (κ1) is 18.6. The molecule has 0 aliphatic carbocycles. The van der Waals surface area contributed by atoms with Crippen molar-refractivity contribution in [1.29, 1.82) is 0 Å². The summed E-state index contributed by atoms with van der Waals surface area (Å²) >= 11 is 0. The zero-order valence-corrected chi connectivity index (χ0v) is 14.7. The summed E-state index contributed by atoms with van der Waals surface area (Å²) in [4.78, 5) is 25.6. The van der Waals surface area contributed by atoms with Crippen LogP contribution in [0.2, 0.25) is 0 Å². The molecule has 0 radical (unpaired) electrons. The number of rotatable bonds is 5. The summed E-state index contributed by atoms with van der Waals surface area (Å²) in [5, 5.41) is 10.2. The number of imide groups is 1. The van der Waals surface area contributed by atoms with Crippen LogP contribution in [0.4, 0.5) is 14.5 Å². The first-order valence-corrected chi connectivity index (χ1v) is 8.30. The smallest absolute Gasteiger partial charge is 0.301 e. The van der Waals surface area contributed by atoms with Gasteiger partial charge in [0.2, 0.25) is 0 Å². The van der Waals surface area contributed by atoms with E-state index in [9.17, 15) is 23.5 Å². The molecule has 0 aromatic heterocycles. The van der Waals surface area contributed by atoms with E-state index < -0.39 is 29.2 Å². The average molecular weight is 373 g/mol. The molecular weight excluding hydrogens is 356 g/mol. The molecule has 2 amide bonds. The lowest BCUT2D eigenvalue weighted by Gasteiger charge is -2.14. The number of benzene rings is 2. The van der Waals surface area contributed by atoms with E-state index in [0.717, 1.165) is 18.2 Å². The van der Waals surface area contributed by atoms with Crippen LogP contribution < -0.4 is 9.64 Å². The molecule has 0 saturated heterocycles. The number of nitrogens with zero attached hydrogens (tertiary/aromatic N) is 1. The fourth-order valence-electron chi connectivity index (χ4n) is 2.62. The van der Waals surface area contributed by atoms with Crippen molar-refractivity contribution in [2.75, 3.05) is 11.5 Å². The van der Waals surface area contributed by atoms with Gasteiger partial charge in [0.25, 0.3) is 5.91 Å². The molecule has 0 spiro atoms. The standard InChI is InChI=1S/C20H17F2NO4/c1-11(2)10-27-14-6-3-12(4-7-14)17-18(24)20(26)23(19(17)25)13-5-8-15(21)16(22)9-13/h3-9,11,24H,10H2,1-2H3. The lowest BCUT2D eigenvalue weighted by Crippen LogP contribution is -2.31. The van der Waals surface area contributed by atoms with Gasteiger partial charge in [-0.1, -0.05) is 26.0 Å². The molecule has 1 aliphatic heterocycles. The van der Waals surface area contributed by atoms with Gasteiger partial charge in [-0.05, 0) is 35.7 Å². The van der Waals surface area contributed by atoms with E-state index in [-0.39, 0.29) is 11.3 Å². The van der Waals surface area contributed by atoms with Gasteiger partial charge < -0.3 is 9.84 Å². The van der Waals surface area contributed by atoms with Crippen molar-refractivity contribution >= 4 is 23.1 Å². The number of aliphatic hydroxyl groups is 1. The summed E-state index contributed by atoms with van der Waals surface area (Å²) in [6.07, 6.45) is 0. The van der Waals surface area contributed by atoms with Crippen LogP contribution in [0.25, 0.3) is 5.57 Å². The van der Waals surface area contributed by atoms with Gasteiger partial charge in [-0.3, -0.25) is 9.59 Å². The quantitative estimate of drug-likeness (QED) is 0.809. The molecule has 0 fully saturated rings. The van der Waals surface area contributed by atoms with Gasteiger partial charge in [0.15, 0.2) is 17.4 Å². The highest BCUT2D eigenvalue weighted by Gasteiger charge is 2.40. The third-order valence-electron chi connectivity index (χ3n) is 3.95. The number of hydrogen-bond donors (Lipinski definition) is 1. The van der Waals surface area contributed by atoms with E-state index >= 15 is 0 Å². The molecule has 7 heteroatoms. The van der Waals surface area contributed by atoms with Gasteiger partial charge in [0.05, 0.1) is 17.9 Å². The molecule has 1 heterocycles. The van der Waals surface area contributed by atoms with Crippen LogP contribution in [-0.4, -0.2) is 23.5 Å². The number of amides is 2. The molecule has 0 unspecified atom stereocenters. The minimum Gasteiger partial charge on any atom is -0.502 e. The Bertz CT molecular complexity index is 935. The zero-order valence-electron chi connectivity index (χ0n) is 14.7. The second-order valence-electron chi connectivity index (χ2n) is 6.50. The molecule has 140 valence electrons. The van der Waals surface area contributed by atoms with Gasteiger partial charge in [-0.25, -0.2) is 13.7 Å². The van der Waals surface area contributed by atoms with Crippen LogP contribution in [-0.2, 0) is 9.59 Å². The van der Waals surface area contributed by atoms with Crippen LogP contribution in [0, 0.1) is 17.6 Å². The number of aliphatic hydroxyl groups excluding tert-OH is 1. The summed E-state index contributed by atoms with van der Waals surface area (Å²) < 4.78 is 32.1. The predicted octanol–water partition coefficient (Wildman–Crippen LogP) is 3.84. The Hall–Kier alpha value is -3.22. The molecule has 3 rings (SSSR count). The predicted molar refractivity (Wildman–Crippen MR) is 95.2 cm³/mol. The van der Waals surface area contributed by atoms with Gasteiger partial charge in [-0.15, -0.1) is 0 Å². The molecule has 1 aliphatic rings. The SMILES string of the molecule is CC(C)COc1ccc(C2=C(O)C(=O)N(c3ccc(F)c(F)c3)C2=O)cc1. The topological polar surface area (TPSA) is 66.8 Å². The minimum atomic E-state index is -1.20. The van der Waals surface area contributed by atoms with Crippen molar-refractivity contribution in [1.82, 2.24) is 0 Å². The van der Waals surface area contributed by atoms with Gasteiger partial charge >= 0.3 is 5.91 Å². The maximum Gasteiger partial charge on any atom is 0.301 e. The van der Waals surface area contributed by atoms with Crippen molar-refractivity contribution < 1.29 is 28.2 Å². The normalized spacial score (nSPS) is 14.5. The van der Waals surface area contributed by atoms with Crippen LogP contribution in [0.5, 0.6) is 5.75 Å². The van der Waals surface area contributed by atoms with E-state index in [4.69, 9.17) is 4.74 Å². The zero-order chi connectivity index (χ0) is 19.7. The van der Waals surface area contributed by atoms with Crippen LogP contribution >= 0.6 is 0 Å². The molecule has 0 saturated carbocycles. The summed E-state index contributed by atoms with van der Waals surface area (Å²) in [5.41, 5.74) is -0.0599. The molecular formula is C20H17F2NO4. The second-order valence-corrected chi connectivity index (χ2v) is 6.50. The first-order chi connectivity index (χ1) is 12.8. The maximum atomic E-state index is 13.5. The number of carbonyl (C=O) groups is 2. The van der Waals surface area contributed by atoms with Crippen LogP contribution in [0.15, 0.2) is 48.2 Å². The lowest BCUT2D eigenvalue weighted by molar-refractivity contribution is -0.121. The Labute approximate surface area is 154 Å². The van der Waals surface area contributed by atoms with Gasteiger partial charge in [-0.2, -0.15) is 0 Å². The summed E-state index contributed by atoms with van der Waals surface area (Å²) in [5.74, 6) is -3.95. The molecule has 2 aromatic carbocycles.